The van der Waals surface area contributed by atoms with Crippen LogP contribution in [0.25, 0.3) is 0 Å². The third-order valence-electron chi connectivity index (χ3n) is 12.4. The molecule has 1 unspecified atom stereocenters. The number of likely N-dealkylation sites (tertiary alicyclic amines) is 1. The Bertz CT molecular complexity index is 2400. The van der Waals surface area contributed by atoms with Crippen LogP contribution in [0.2, 0.25) is 0 Å². The molecule has 3 aliphatic heterocycles. The highest BCUT2D eigenvalue weighted by Gasteiger charge is 2.38. The molecule has 5 N–H and O–H groups in total. The van der Waals surface area contributed by atoms with Crippen molar-refractivity contribution in [2.24, 2.45) is 9.98 Å². The van der Waals surface area contributed by atoms with Gasteiger partial charge in [0.05, 0.1) is 45.3 Å². The Labute approximate surface area is 407 Å². The molecule has 0 saturated carbocycles. The van der Waals surface area contributed by atoms with Gasteiger partial charge in [-0.15, -0.1) is 11.3 Å². The molecule has 0 spiro atoms. The Kier molecular flexibility index (Phi) is 19.0. The van der Waals surface area contributed by atoms with E-state index in [0.717, 1.165) is 37.4 Å². The van der Waals surface area contributed by atoms with Gasteiger partial charge in [-0.3, -0.25) is 39.1 Å². The van der Waals surface area contributed by atoms with Crippen LogP contribution in [0.4, 0.5) is 11.4 Å². The van der Waals surface area contributed by atoms with Gasteiger partial charge in [0.1, 0.15) is 30.2 Å². The number of thiophene rings is 1. The topological polar surface area (TPSA) is 219 Å². The van der Waals surface area contributed by atoms with Crippen molar-refractivity contribution in [1.29, 1.82) is 0 Å². The normalized spacial score (nSPS) is 17.0. The molecule has 0 aliphatic carbocycles. The standard InChI is InChI=1S/C49H65N11O8S/c1-7-10-41(47(64)54-31-61)60-29-37-36(48(60)65)11-9-12-38(37)56-44(62)27-51-19-23-68-24-22-58-20-17-34(18-21-58)55-46(63)33-14-16-39(43(25-33)67-6)53-30-52-26-42-45(50-4)59(28-35-15-13-32(3)69-35)40(8-2)49(66)57(42)5/h9,11-16,25-26,31,34,40-41,51,53H,4,7-8,10,17-24,27-30H2,1-3,5-6H3,(H,55,63)(H,56,62)(H,54,61,64)/b52-26-/t40-,41?/m1/s1. The highest BCUT2D eigenvalue weighted by Crippen LogP contribution is 2.33. The van der Waals surface area contributed by atoms with Gasteiger partial charge in [0.2, 0.25) is 24.1 Å². The van der Waals surface area contributed by atoms with Crippen LogP contribution in [0.15, 0.2) is 70.0 Å². The molecule has 6 rings (SSSR count). The molecule has 2 atom stereocenters. The SMILES string of the molecule is C=NC1=C(/C=N\CNc2ccc(C(=O)NC3CCN(CCOCCNCC(=O)Nc4cccc5c4CN(C(CCC)C(=O)NC=O)C5=O)CC3)cc2OC)N(C)C(=O)[C@@H](CC)N1Cc1ccc(C)s1. The smallest absolute Gasteiger partial charge is 0.255 e. The summed E-state index contributed by atoms with van der Waals surface area (Å²) in [5, 5.41) is 14.6. The number of imide groups is 1. The second-order valence-electron chi connectivity index (χ2n) is 17.0. The van der Waals surface area contributed by atoms with E-state index in [2.05, 4.69) is 67.2 Å². The van der Waals surface area contributed by atoms with Gasteiger partial charge in [-0.05, 0) is 81.8 Å². The molecule has 2 aromatic carbocycles. The van der Waals surface area contributed by atoms with Crippen LogP contribution in [-0.2, 0) is 37.0 Å². The summed E-state index contributed by atoms with van der Waals surface area (Å²) in [6.07, 6.45) is 5.22. The molecule has 3 aliphatic rings. The van der Waals surface area contributed by atoms with E-state index in [1.54, 1.807) is 73.0 Å². The average molecular weight is 968 g/mol. The molecule has 4 heterocycles. The van der Waals surface area contributed by atoms with Gasteiger partial charge in [-0.1, -0.05) is 26.3 Å². The molecule has 20 heteroatoms. The average Bonchev–Trinajstić information content (AvgIpc) is 3.92. The molecule has 0 radical (unpaired) electrons. The fourth-order valence-corrected chi connectivity index (χ4v) is 9.67. The number of nitrogens with zero attached hydrogens (tertiary/aromatic N) is 6. The maximum Gasteiger partial charge on any atom is 0.255 e. The van der Waals surface area contributed by atoms with E-state index in [-0.39, 0.29) is 55.5 Å². The first-order valence-corrected chi connectivity index (χ1v) is 24.2. The van der Waals surface area contributed by atoms with Gasteiger partial charge < -0.3 is 50.3 Å². The number of anilines is 2. The van der Waals surface area contributed by atoms with Crippen LogP contribution in [0.3, 0.4) is 0 Å². The maximum absolute atomic E-state index is 13.4. The van der Waals surface area contributed by atoms with Crippen LogP contribution < -0.4 is 31.3 Å². The summed E-state index contributed by atoms with van der Waals surface area (Å²) in [6, 6.07) is 13.3. The lowest BCUT2D eigenvalue weighted by molar-refractivity contribution is -0.135. The molecule has 1 aromatic heterocycles. The highest BCUT2D eigenvalue weighted by atomic mass is 32.1. The monoisotopic (exact) mass is 967 g/mol. The van der Waals surface area contributed by atoms with Gasteiger partial charge in [-0.25, -0.2) is 4.99 Å². The van der Waals surface area contributed by atoms with E-state index in [0.29, 0.717) is 97.3 Å². The first-order valence-electron chi connectivity index (χ1n) is 23.4. The molecule has 370 valence electrons. The highest BCUT2D eigenvalue weighted by molar-refractivity contribution is 7.11. The maximum atomic E-state index is 13.4. The zero-order valence-electron chi connectivity index (χ0n) is 40.2. The van der Waals surface area contributed by atoms with Gasteiger partial charge in [0.15, 0.2) is 5.82 Å². The van der Waals surface area contributed by atoms with Gasteiger partial charge in [0, 0.05) is 77.9 Å². The number of ether oxygens (including phenoxy) is 2. The lowest BCUT2D eigenvalue weighted by Crippen LogP contribution is -2.51. The van der Waals surface area contributed by atoms with Crippen LogP contribution in [0.1, 0.15) is 82.0 Å². The number of aryl methyl sites for hydroxylation is 1. The van der Waals surface area contributed by atoms with Gasteiger partial charge in [-0.2, -0.15) is 0 Å². The molecule has 6 amide bonds. The number of piperidine rings is 1. The number of methoxy groups -OCH3 is 1. The number of allylic oxidation sites excluding steroid dienone is 1. The first kappa shape index (κ1) is 51.9. The number of fused-ring (bicyclic) bond motifs is 1. The Balaban J connectivity index is 0.878. The number of hydrogen-bond acceptors (Lipinski definition) is 15. The molecule has 1 fully saturated rings. The van der Waals surface area contributed by atoms with E-state index < -0.39 is 11.9 Å². The summed E-state index contributed by atoms with van der Waals surface area (Å²) in [5.74, 6) is -0.242. The number of benzene rings is 2. The Morgan fingerprint density at radius 1 is 1.04 bits per heavy atom. The third kappa shape index (κ3) is 13.2. The zero-order valence-corrected chi connectivity index (χ0v) is 41.0. The molecule has 1 saturated heterocycles. The first-order chi connectivity index (χ1) is 33.4. The summed E-state index contributed by atoms with van der Waals surface area (Å²) in [5.41, 5.74) is 3.26. The predicted molar refractivity (Wildman–Crippen MR) is 266 cm³/mol. The summed E-state index contributed by atoms with van der Waals surface area (Å²) in [4.78, 5) is 94.8. The number of likely N-dealkylation sites (N-methyl/N-ethyl adjacent to an activating group) is 1. The van der Waals surface area contributed by atoms with E-state index in [1.165, 1.54) is 9.78 Å². The lowest BCUT2D eigenvalue weighted by Gasteiger charge is -2.40. The molecular weight excluding hydrogens is 903 g/mol. The number of nitrogens with one attached hydrogen (secondary N) is 5. The number of aliphatic imine (C=N–C) groups is 2. The molecule has 69 heavy (non-hydrogen) atoms. The van der Waals surface area contributed by atoms with Crippen LogP contribution >= 0.6 is 11.3 Å². The van der Waals surface area contributed by atoms with Crippen LogP contribution in [0, 0.1) is 6.92 Å². The zero-order chi connectivity index (χ0) is 49.5. The van der Waals surface area contributed by atoms with E-state index >= 15 is 0 Å². The molecule has 0 bridgehead atoms. The van der Waals surface area contributed by atoms with Gasteiger partial charge in [0.25, 0.3) is 11.8 Å². The minimum Gasteiger partial charge on any atom is -0.495 e. The summed E-state index contributed by atoms with van der Waals surface area (Å²) in [6.45, 7) is 14.5. The van der Waals surface area contributed by atoms with E-state index in [1.807, 2.05) is 18.7 Å². The summed E-state index contributed by atoms with van der Waals surface area (Å²) in [7, 11) is 3.28. The fourth-order valence-electron chi connectivity index (χ4n) is 8.78. The molecule has 3 aromatic rings. The largest absolute Gasteiger partial charge is 0.495 e. The van der Waals surface area contributed by atoms with Crippen molar-refractivity contribution >= 4 is 71.6 Å². The van der Waals surface area contributed by atoms with Gasteiger partial charge >= 0.3 is 0 Å². The predicted octanol–water partition coefficient (Wildman–Crippen LogP) is 3.96. The van der Waals surface area contributed by atoms with Crippen molar-refractivity contribution in [2.75, 3.05) is 77.4 Å². The number of amides is 6. The van der Waals surface area contributed by atoms with Crippen molar-refractivity contribution in [3.05, 3.63) is 86.5 Å². The second-order valence-corrected chi connectivity index (χ2v) is 18.4. The third-order valence-corrected chi connectivity index (χ3v) is 13.4. The summed E-state index contributed by atoms with van der Waals surface area (Å²) >= 11 is 1.69. The van der Waals surface area contributed by atoms with Crippen molar-refractivity contribution in [3.63, 3.8) is 0 Å². The van der Waals surface area contributed by atoms with Crippen LogP contribution in [-0.4, -0.2) is 153 Å². The fraction of sp³-hybridized carbons (Fsp3) is 0.469. The van der Waals surface area contributed by atoms with Crippen molar-refractivity contribution in [1.82, 2.24) is 35.6 Å². The number of carbonyl (C=O) groups excluding carboxylic acids is 6. The second kappa shape index (κ2) is 25.2. The Morgan fingerprint density at radius 2 is 1.84 bits per heavy atom. The number of hydrogen-bond donors (Lipinski definition) is 5. The lowest BCUT2D eigenvalue weighted by atomic mass is 10.0. The Morgan fingerprint density at radius 3 is 2.54 bits per heavy atom. The van der Waals surface area contributed by atoms with Crippen molar-refractivity contribution in [2.45, 2.75) is 84.1 Å². The minimum atomic E-state index is -0.793. The van der Waals surface area contributed by atoms with E-state index in [9.17, 15) is 28.8 Å². The van der Waals surface area contributed by atoms with Crippen molar-refractivity contribution < 1.29 is 38.2 Å². The number of carbonyl (C=O) groups is 6. The molecule has 19 nitrogen and oxygen atoms in total. The molecular formula is C49H65N11O8S. The summed E-state index contributed by atoms with van der Waals surface area (Å²) < 4.78 is 11.5. The number of rotatable bonds is 25. The Hall–Kier alpha value is -6.48. The van der Waals surface area contributed by atoms with Crippen LogP contribution in [0.5, 0.6) is 5.75 Å². The minimum absolute atomic E-state index is 0.0272. The quantitative estimate of drug-likeness (QED) is 0.0463. The van der Waals surface area contributed by atoms with Crippen molar-refractivity contribution in [3.8, 4) is 5.75 Å². The van der Waals surface area contributed by atoms with E-state index in [4.69, 9.17) is 9.47 Å².